The third-order valence-electron chi connectivity index (χ3n) is 2.72. The molecule has 8 heteroatoms. The van der Waals surface area contributed by atoms with E-state index >= 15 is 0 Å². The number of piperazine rings is 1. The van der Waals surface area contributed by atoms with Crippen molar-refractivity contribution in [3.63, 3.8) is 0 Å². The summed E-state index contributed by atoms with van der Waals surface area (Å²) in [6, 6.07) is -0.450. The number of hydrogen-bond donors (Lipinski definition) is 4. The van der Waals surface area contributed by atoms with Crippen molar-refractivity contribution in [2.75, 3.05) is 39.3 Å². The SMILES string of the molecule is O=C(O)CCCNC(=O)NCC(=O)N1CCNCC1. The molecule has 0 saturated carbocycles. The van der Waals surface area contributed by atoms with Crippen molar-refractivity contribution in [2.24, 2.45) is 0 Å². The number of carbonyl (C=O) groups excluding carboxylic acids is 2. The number of nitrogens with zero attached hydrogens (tertiary/aromatic N) is 1. The molecule has 1 aliphatic heterocycles. The van der Waals surface area contributed by atoms with Crippen LogP contribution < -0.4 is 16.0 Å². The van der Waals surface area contributed by atoms with Crippen LogP contribution in [0.4, 0.5) is 4.79 Å². The van der Waals surface area contributed by atoms with Gasteiger partial charge in [-0.3, -0.25) is 9.59 Å². The number of carboxylic acids is 1. The van der Waals surface area contributed by atoms with Gasteiger partial charge in [-0.1, -0.05) is 0 Å². The quantitative estimate of drug-likeness (QED) is 0.444. The van der Waals surface area contributed by atoms with Gasteiger partial charge < -0.3 is 26.0 Å². The van der Waals surface area contributed by atoms with Crippen LogP contribution in [0.5, 0.6) is 0 Å². The van der Waals surface area contributed by atoms with Gasteiger partial charge in [-0.2, -0.15) is 0 Å². The Morgan fingerprint density at radius 3 is 2.47 bits per heavy atom. The lowest BCUT2D eigenvalue weighted by molar-refractivity contribution is -0.137. The number of amides is 3. The summed E-state index contributed by atoms with van der Waals surface area (Å²) in [4.78, 5) is 35.0. The Balaban J connectivity index is 2.08. The minimum atomic E-state index is -0.893. The third-order valence-corrected chi connectivity index (χ3v) is 2.72. The summed E-state index contributed by atoms with van der Waals surface area (Å²) >= 11 is 0. The number of carboxylic acid groups (broad SMARTS) is 1. The molecule has 0 aromatic heterocycles. The maximum atomic E-state index is 11.7. The van der Waals surface area contributed by atoms with E-state index in [1.807, 2.05) is 0 Å². The summed E-state index contributed by atoms with van der Waals surface area (Å²) in [6.07, 6.45) is 0.383. The number of aliphatic carboxylic acids is 1. The highest BCUT2D eigenvalue weighted by Gasteiger charge is 2.16. The van der Waals surface area contributed by atoms with Crippen molar-refractivity contribution in [3.8, 4) is 0 Å². The van der Waals surface area contributed by atoms with E-state index in [4.69, 9.17) is 5.11 Å². The van der Waals surface area contributed by atoms with E-state index in [1.54, 1.807) is 4.90 Å². The lowest BCUT2D eigenvalue weighted by atomic mass is 10.3. The zero-order valence-electron chi connectivity index (χ0n) is 10.8. The zero-order valence-corrected chi connectivity index (χ0v) is 10.8. The molecule has 1 fully saturated rings. The number of hydrogen-bond acceptors (Lipinski definition) is 4. The van der Waals surface area contributed by atoms with E-state index in [0.717, 1.165) is 13.1 Å². The first-order chi connectivity index (χ1) is 9.09. The Bertz CT molecular complexity index is 329. The van der Waals surface area contributed by atoms with Crippen LogP contribution in [0.25, 0.3) is 0 Å². The Kier molecular flexibility index (Phi) is 6.65. The summed E-state index contributed by atoms with van der Waals surface area (Å²) in [7, 11) is 0. The molecule has 8 nitrogen and oxygen atoms in total. The van der Waals surface area contributed by atoms with Crippen LogP contribution in [0.15, 0.2) is 0 Å². The summed E-state index contributed by atoms with van der Waals surface area (Å²) in [5.74, 6) is -1.00. The van der Waals surface area contributed by atoms with E-state index in [1.165, 1.54) is 0 Å². The van der Waals surface area contributed by atoms with E-state index < -0.39 is 12.0 Å². The van der Waals surface area contributed by atoms with Gasteiger partial charge in [-0.15, -0.1) is 0 Å². The van der Waals surface area contributed by atoms with Crippen molar-refractivity contribution in [3.05, 3.63) is 0 Å². The zero-order chi connectivity index (χ0) is 14.1. The molecule has 0 unspecified atom stereocenters. The third kappa shape index (κ3) is 6.61. The number of carbonyl (C=O) groups is 3. The van der Waals surface area contributed by atoms with Gasteiger partial charge in [-0.05, 0) is 6.42 Å². The highest BCUT2D eigenvalue weighted by molar-refractivity contribution is 5.84. The van der Waals surface area contributed by atoms with Gasteiger partial charge in [0.2, 0.25) is 5.91 Å². The highest BCUT2D eigenvalue weighted by Crippen LogP contribution is 1.92. The predicted molar refractivity (Wildman–Crippen MR) is 67.7 cm³/mol. The Morgan fingerprint density at radius 1 is 1.16 bits per heavy atom. The number of nitrogens with one attached hydrogen (secondary N) is 3. The smallest absolute Gasteiger partial charge is 0.315 e. The van der Waals surface area contributed by atoms with Gasteiger partial charge in [0.05, 0.1) is 6.54 Å². The monoisotopic (exact) mass is 272 g/mol. The van der Waals surface area contributed by atoms with E-state index in [9.17, 15) is 14.4 Å². The predicted octanol–water partition coefficient (Wildman–Crippen LogP) is -1.42. The van der Waals surface area contributed by atoms with Crippen molar-refractivity contribution >= 4 is 17.9 Å². The van der Waals surface area contributed by atoms with Gasteiger partial charge in [0.15, 0.2) is 0 Å². The lowest BCUT2D eigenvalue weighted by Crippen LogP contribution is -2.50. The first kappa shape index (κ1) is 15.2. The maximum absolute atomic E-state index is 11.7. The topological polar surface area (TPSA) is 111 Å². The Hall–Kier alpha value is -1.83. The standard InChI is InChI=1S/C11H20N4O4/c16-9(15-6-4-12-5-7-15)8-14-11(19)13-3-1-2-10(17)18/h12H,1-8H2,(H,17,18)(H2,13,14,19). The summed E-state index contributed by atoms with van der Waals surface area (Å²) in [5.41, 5.74) is 0. The molecule has 19 heavy (non-hydrogen) atoms. The molecule has 0 aliphatic carbocycles. The largest absolute Gasteiger partial charge is 0.481 e. The number of rotatable bonds is 6. The fourth-order valence-corrected chi connectivity index (χ4v) is 1.69. The van der Waals surface area contributed by atoms with Crippen LogP contribution in [0.1, 0.15) is 12.8 Å². The first-order valence-electron chi connectivity index (χ1n) is 6.31. The van der Waals surface area contributed by atoms with Crippen molar-refractivity contribution in [1.82, 2.24) is 20.9 Å². The molecule has 1 rings (SSSR count). The van der Waals surface area contributed by atoms with Crippen LogP contribution >= 0.6 is 0 Å². The molecule has 0 bridgehead atoms. The molecule has 0 spiro atoms. The van der Waals surface area contributed by atoms with Crippen molar-refractivity contribution in [1.29, 1.82) is 0 Å². The molecular formula is C11H20N4O4. The molecule has 0 radical (unpaired) electrons. The molecule has 108 valence electrons. The second-order valence-electron chi connectivity index (χ2n) is 4.24. The highest BCUT2D eigenvalue weighted by atomic mass is 16.4. The Labute approximate surface area is 111 Å². The van der Waals surface area contributed by atoms with E-state index in [0.29, 0.717) is 19.5 Å². The molecule has 4 N–H and O–H groups in total. The molecule has 0 aromatic carbocycles. The normalized spacial score (nSPS) is 14.8. The van der Waals surface area contributed by atoms with Crippen LogP contribution in [-0.2, 0) is 9.59 Å². The summed E-state index contributed by atoms with van der Waals surface area (Å²) in [5, 5.41) is 16.5. The molecule has 0 aromatic rings. The van der Waals surface area contributed by atoms with Crippen molar-refractivity contribution < 1.29 is 19.5 Å². The summed E-state index contributed by atoms with van der Waals surface area (Å²) in [6.45, 7) is 3.09. The first-order valence-corrected chi connectivity index (χ1v) is 6.31. The van der Waals surface area contributed by atoms with Crippen LogP contribution in [-0.4, -0.2) is 67.2 Å². The molecule has 3 amide bonds. The van der Waals surface area contributed by atoms with Gasteiger partial charge in [0, 0.05) is 39.1 Å². The van der Waals surface area contributed by atoms with Gasteiger partial charge in [0.25, 0.3) is 0 Å². The van der Waals surface area contributed by atoms with Gasteiger partial charge >= 0.3 is 12.0 Å². The fourth-order valence-electron chi connectivity index (χ4n) is 1.69. The minimum absolute atomic E-state index is 0.0139. The van der Waals surface area contributed by atoms with E-state index in [-0.39, 0.29) is 25.4 Å². The average molecular weight is 272 g/mol. The van der Waals surface area contributed by atoms with Crippen LogP contribution in [0.2, 0.25) is 0 Å². The second kappa shape index (κ2) is 8.30. The average Bonchev–Trinajstić information content (AvgIpc) is 2.41. The minimum Gasteiger partial charge on any atom is -0.481 e. The number of urea groups is 1. The lowest BCUT2D eigenvalue weighted by Gasteiger charge is -2.27. The Morgan fingerprint density at radius 2 is 1.84 bits per heavy atom. The molecule has 0 atom stereocenters. The van der Waals surface area contributed by atoms with Crippen LogP contribution in [0.3, 0.4) is 0 Å². The molecule has 1 heterocycles. The molecule has 1 saturated heterocycles. The summed E-state index contributed by atoms with van der Waals surface area (Å²) < 4.78 is 0. The van der Waals surface area contributed by atoms with Gasteiger partial charge in [0.1, 0.15) is 0 Å². The van der Waals surface area contributed by atoms with Crippen LogP contribution in [0, 0.1) is 0 Å². The fraction of sp³-hybridized carbons (Fsp3) is 0.727. The maximum Gasteiger partial charge on any atom is 0.315 e. The van der Waals surface area contributed by atoms with Crippen molar-refractivity contribution in [2.45, 2.75) is 12.8 Å². The van der Waals surface area contributed by atoms with E-state index in [2.05, 4.69) is 16.0 Å². The van der Waals surface area contributed by atoms with Gasteiger partial charge in [-0.25, -0.2) is 4.79 Å². The second-order valence-corrected chi connectivity index (χ2v) is 4.24. The molecule has 1 aliphatic rings. The molecular weight excluding hydrogens is 252 g/mol.